The largest absolute Gasteiger partial charge is 0.344 e. The summed E-state index contributed by atoms with van der Waals surface area (Å²) in [6.07, 6.45) is 1.70. The minimum atomic E-state index is -0.0153. The van der Waals surface area contributed by atoms with Crippen molar-refractivity contribution in [3.8, 4) is 0 Å². The molecule has 2 aromatic rings. The highest BCUT2D eigenvalue weighted by Crippen LogP contribution is 2.26. The molecular weight excluding hydrogens is 188 g/mol. The standard InChI is InChI=1S/C11H16N4/c1-11(2,3)10-9-8(13-6-14-9)4-7(5-12)15-10/h4,6H,5,12H2,1-3H3,(H,13,14). The van der Waals surface area contributed by atoms with Gasteiger partial charge in [-0.05, 0) is 6.07 Å². The third-order valence-electron chi connectivity index (χ3n) is 2.38. The molecule has 0 spiro atoms. The Morgan fingerprint density at radius 3 is 2.73 bits per heavy atom. The number of nitrogens with one attached hydrogen (secondary N) is 1. The number of hydrogen-bond acceptors (Lipinski definition) is 3. The van der Waals surface area contributed by atoms with Crippen LogP contribution >= 0.6 is 0 Å². The topological polar surface area (TPSA) is 67.6 Å². The van der Waals surface area contributed by atoms with Crippen LogP contribution in [-0.2, 0) is 12.0 Å². The van der Waals surface area contributed by atoms with Gasteiger partial charge in [0.05, 0.1) is 23.2 Å². The molecule has 0 bridgehead atoms. The number of imidazole rings is 1. The van der Waals surface area contributed by atoms with E-state index in [0.29, 0.717) is 6.54 Å². The summed E-state index contributed by atoms with van der Waals surface area (Å²) in [7, 11) is 0. The van der Waals surface area contributed by atoms with Crippen molar-refractivity contribution >= 4 is 11.0 Å². The number of pyridine rings is 1. The summed E-state index contributed by atoms with van der Waals surface area (Å²) in [5, 5.41) is 0. The van der Waals surface area contributed by atoms with Crippen LogP contribution in [0.15, 0.2) is 12.4 Å². The second-order valence-corrected chi connectivity index (χ2v) is 4.72. The maximum atomic E-state index is 5.62. The second-order valence-electron chi connectivity index (χ2n) is 4.72. The number of hydrogen-bond donors (Lipinski definition) is 2. The van der Waals surface area contributed by atoms with E-state index in [1.807, 2.05) is 6.07 Å². The minimum Gasteiger partial charge on any atom is -0.344 e. The highest BCUT2D eigenvalue weighted by atomic mass is 14.9. The molecule has 2 aromatic heterocycles. The van der Waals surface area contributed by atoms with Crippen molar-refractivity contribution in [2.45, 2.75) is 32.7 Å². The fraction of sp³-hybridized carbons (Fsp3) is 0.455. The zero-order chi connectivity index (χ0) is 11.1. The number of aromatic nitrogens is 3. The molecule has 80 valence electrons. The van der Waals surface area contributed by atoms with E-state index in [9.17, 15) is 0 Å². The SMILES string of the molecule is CC(C)(C)c1nc(CN)cc2[nH]cnc12. The Balaban J connectivity index is 2.74. The van der Waals surface area contributed by atoms with Crippen molar-refractivity contribution in [1.82, 2.24) is 15.0 Å². The smallest absolute Gasteiger partial charge is 0.110 e. The number of fused-ring (bicyclic) bond motifs is 1. The summed E-state index contributed by atoms with van der Waals surface area (Å²) >= 11 is 0. The van der Waals surface area contributed by atoms with E-state index in [1.165, 1.54) is 0 Å². The Morgan fingerprint density at radius 1 is 1.40 bits per heavy atom. The Kier molecular flexibility index (Phi) is 2.23. The van der Waals surface area contributed by atoms with E-state index in [4.69, 9.17) is 5.73 Å². The first-order valence-corrected chi connectivity index (χ1v) is 5.06. The summed E-state index contributed by atoms with van der Waals surface area (Å²) in [4.78, 5) is 12.0. The van der Waals surface area contributed by atoms with Gasteiger partial charge in [0.1, 0.15) is 5.52 Å². The molecule has 4 nitrogen and oxygen atoms in total. The summed E-state index contributed by atoms with van der Waals surface area (Å²) in [6, 6.07) is 1.96. The van der Waals surface area contributed by atoms with Crippen LogP contribution in [0, 0.1) is 0 Å². The van der Waals surface area contributed by atoms with Crippen molar-refractivity contribution in [2.24, 2.45) is 5.73 Å². The number of nitrogens with two attached hydrogens (primary N) is 1. The van der Waals surface area contributed by atoms with Gasteiger partial charge in [0.25, 0.3) is 0 Å². The van der Waals surface area contributed by atoms with Gasteiger partial charge in [0, 0.05) is 12.0 Å². The average Bonchev–Trinajstić information content (AvgIpc) is 2.61. The number of nitrogens with zero attached hydrogens (tertiary/aromatic N) is 2. The first-order chi connectivity index (χ1) is 7.02. The van der Waals surface area contributed by atoms with Gasteiger partial charge in [-0.25, -0.2) is 4.98 Å². The van der Waals surface area contributed by atoms with Crippen LogP contribution in [0.5, 0.6) is 0 Å². The highest BCUT2D eigenvalue weighted by Gasteiger charge is 2.20. The molecule has 2 heterocycles. The van der Waals surface area contributed by atoms with Crippen LogP contribution < -0.4 is 5.73 Å². The lowest BCUT2D eigenvalue weighted by atomic mass is 9.90. The third-order valence-corrected chi connectivity index (χ3v) is 2.38. The predicted octanol–water partition coefficient (Wildman–Crippen LogP) is 1.71. The van der Waals surface area contributed by atoms with Gasteiger partial charge in [-0.15, -0.1) is 0 Å². The Morgan fingerprint density at radius 2 is 2.13 bits per heavy atom. The highest BCUT2D eigenvalue weighted by molar-refractivity contribution is 5.78. The summed E-state index contributed by atoms with van der Waals surface area (Å²) < 4.78 is 0. The van der Waals surface area contributed by atoms with Gasteiger partial charge in [-0.2, -0.15) is 0 Å². The maximum absolute atomic E-state index is 5.62. The van der Waals surface area contributed by atoms with Crippen molar-refractivity contribution < 1.29 is 0 Å². The average molecular weight is 204 g/mol. The number of H-pyrrole nitrogens is 1. The van der Waals surface area contributed by atoms with Gasteiger partial charge in [-0.3, -0.25) is 4.98 Å². The van der Waals surface area contributed by atoms with Crippen molar-refractivity contribution in [1.29, 1.82) is 0 Å². The van der Waals surface area contributed by atoms with Gasteiger partial charge < -0.3 is 10.7 Å². The molecule has 0 saturated heterocycles. The molecular formula is C11H16N4. The van der Waals surface area contributed by atoms with Crippen LogP contribution in [0.4, 0.5) is 0 Å². The first kappa shape index (κ1) is 10.1. The van der Waals surface area contributed by atoms with Gasteiger partial charge in [0.2, 0.25) is 0 Å². The Labute approximate surface area is 88.9 Å². The summed E-state index contributed by atoms with van der Waals surface area (Å²) in [6.45, 7) is 6.84. The molecule has 0 aliphatic carbocycles. The molecule has 4 heteroatoms. The molecule has 0 amide bonds. The fourth-order valence-corrected chi connectivity index (χ4v) is 1.63. The minimum absolute atomic E-state index is 0.0153. The molecule has 0 aromatic carbocycles. The summed E-state index contributed by atoms with van der Waals surface area (Å²) in [5.41, 5.74) is 9.46. The zero-order valence-electron chi connectivity index (χ0n) is 9.33. The number of rotatable bonds is 1. The van der Waals surface area contributed by atoms with E-state index < -0.39 is 0 Å². The van der Waals surface area contributed by atoms with Crippen LogP contribution in [0.1, 0.15) is 32.2 Å². The molecule has 3 N–H and O–H groups in total. The van der Waals surface area contributed by atoms with Crippen molar-refractivity contribution in [3.63, 3.8) is 0 Å². The van der Waals surface area contributed by atoms with Crippen LogP contribution in [-0.4, -0.2) is 15.0 Å². The molecule has 0 radical (unpaired) electrons. The van der Waals surface area contributed by atoms with Gasteiger partial charge in [0.15, 0.2) is 0 Å². The molecule has 0 saturated carbocycles. The monoisotopic (exact) mass is 204 g/mol. The van der Waals surface area contributed by atoms with Crippen LogP contribution in [0.25, 0.3) is 11.0 Å². The molecule has 15 heavy (non-hydrogen) atoms. The molecule has 0 unspecified atom stereocenters. The normalized spacial score (nSPS) is 12.3. The van der Waals surface area contributed by atoms with Crippen LogP contribution in [0.2, 0.25) is 0 Å². The molecule has 2 rings (SSSR count). The Hall–Kier alpha value is -1.42. The van der Waals surface area contributed by atoms with E-state index >= 15 is 0 Å². The van der Waals surface area contributed by atoms with Gasteiger partial charge >= 0.3 is 0 Å². The lowest BCUT2D eigenvalue weighted by molar-refractivity contribution is 0.571. The first-order valence-electron chi connectivity index (χ1n) is 5.06. The van der Waals surface area contributed by atoms with E-state index in [0.717, 1.165) is 22.4 Å². The van der Waals surface area contributed by atoms with E-state index in [2.05, 4.69) is 35.7 Å². The third kappa shape index (κ3) is 1.72. The quantitative estimate of drug-likeness (QED) is 0.743. The lowest BCUT2D eigenvalue weighted by Gasteiger charge is -2.18. The Bertz CT molecular complexity index is 479. The van der Waals surface area contributed by atoms with Crippen molar-refractivity contribution in [2.75, 3.05) is 0 Å². The molecule has 0 atom stereocenters. The van der Waals surface area contributed by atoms with Gasteiger partial charge in [-0.1, -0.05) is 20.8 Å². The fourth-order valence-electron chi connectivity index (χ4n) is 1.63. The lowest BCUT2D eigenvalue weighted by Crippen LogP contribution is -2.16. The van der Waals surface area contributed by atoms with Crippen molar-refractivity contribution in [3.05, 3.63) is 23.8 Å². The second kappa shape index (κ2) is 3.31. The number of aromatic amines is 1. The van der Waals surface area contributed by atoms with Crippen LogP contribution in [0.3, 0.4) is 0 Å². The van der Waals surface area contributed by atoms with E-state index in [1.54, 1.807) is 6.33 Å². The predicted molar refractivity (Wildman–Crippen MR) is 60.5 cm³/mol. The molecule has 0 aliphatic heterocycles. The zero-order valence-corrected chi connectivity index (χ0v) is 9.33. The van der Waals surface area contributed by atoms with E-state index in [-0.39, 0.29) is 5.41 Å². The maximum Gasteiger partial charge on any atom is 0.110 e. The molecule has 0 aliphatic rings. The molecule has 0 fully saturated rings. The summed E-state index contributed by atoms with van der Waals surface area (Å²) in [5.74, 6) is 0.